The number of carbonyl (C=O) groups excluding carboxylic acids is 2. The van der Waals surface area contributed by atoms with Crippen LogP contribution < -0.4 is 4.74 Å². The summed E-state index contributed by atoms with van der Waals surface area (Å²) in [5, 5.41) is 39.9. The van der Waals surface area contributed by atoms with Gasteiger partial charge in [0.25, 0.3) is 0 Å². The van der Waals surface area contributed by atoms with Gasteiger partial charge < -0.3 is 20.1 Å². The van der Waals surface area contributed by atoms with Crippen LogP contribution in [0.4, 0.5) is 0 Å². The molecule has 0 aliphatic heterocycles. The van der Waals surface area contributed by atoms with Gasteiger partial charge in [-0.15, -0.1) is 0 Å². The minimum Gasteiger partial charge on any atom is -0.506 e. The molecule has 0 amide bonds. The second kappa shape index (κ2) is 6.74. The van der Waals surface area contributed by atoms with Crippen LogP contribution in [0.15, 0.2) is 0 Å². The Kier molecular flexibility index (Phi) is 5.28. The minimum absolute atomic E-state index is 0.101. The second-order valence-corrected chi connectivity index (χ2v) is 4.73. The number of hydrogen-bond donors (Lipinski definition) is 3. The summed E-state index contributed by atoms with van der Waals surface area (Å²) in [6.07, 6.45) is -0.238. The van der Waals surface area contributed by atoms with Crippen LogP contribution in [0.5, 0.6) is 23.0 Å². The maximum absolute atomic E-state index is 12.1. The third-order valence-corrected chi connectivity index (χ3v) is 3.01. The van der Waals surface area contributed by atoms with E-state index in [1.165, 1.54) is 6.92 Å². The number of phenols is 3. The summed E-state index contributed by atoms with van der Waals surface area (Å²) >= 11 is 0. The molecule has 3 N–H and O–H groups in total. The molecule has 120 valence electrons. The molecule has 0 fully saturated rings. The van der Waals surface area contributed by atoms with E-state index in [4.69, 9.17) is 4.74 Å². The lowest BCUT2D eigenvalue weighted by Crippen LogP contribution is -2.16. The van der Waals surface area contributed by atoms with Crippen molar-refractivity contribution >= 4 is 12.1 Å². The van der Waals surface area contributed by atoms with E-state index in [1.54, 1.807) is 0 Å². The maximum atomic E-state index is 12.1. The van der Waals surface area contributed by atoms with Crippen LogP contribution in [0.3, 0.4) is 0 Å². The number of nitro groups is 1. The second-order valence-electron chi connectivity index (χ2n) is 4.73. The van der Waals surface area contributed by atoms with E-state index in [0.717, 1.165) is 7.11 Å². The number of carbonyl (C=O) groups is 2. The van der Waals surface area contributed by atoms with Crippen molar-refractivity contribution in [1.82, 2.24) is 0 Å². The van der Waals surface area contributed by atoms with E-state index < -0.39 is 57.3 Å². The smallest absolute Gasteiger partial charge is 0.206 e. The summed E-state index contributed by atoms with van der Waals surface area (Å²) in [4.78, 5) is 32.9. The molecular weight excluding hydrogens is 298 g/mol. The molecule has 22 heavy (non-hydrogen) atoms. The van der Waals surface area contributed by atoms with Gasteiger partial charge in [-0.05, 0) is 0 Å². The monoisotopic (exact) mass is 313 g/mol. The topological polar surface area (TPSA) is 147 Å². The van der Waals surface area contributed by atoms with Crippen LogP contribution in [-0.4, -0.2) is 46.0 Å². The summed E-state index contributed by atoms with van der Waals surface area (Å²) in [6.45, 7) is 0.982. The quantitative estimate of drug-likeness (QED) is 0.293. The van der Waals surface area contributed by atoms with Crippen molar-refractivity contribution in [3.63, 3.8) is 0 Å². The van der Waals surface area contributed by atoms with Crippen LogP contribution in [0, 0.1) is 16.0 Å². The molecule has 1 aromatic carbocycles. The van der Waals surface area contributed by atoms with Crippen molar-refractivity contribution in [2.75, 3.05) is 13.7 Å². The van der Waals surface area contributed by atoms with E-state index in [1.807, 2.05) is 0 Å². The largest absolute Gasteiger partial charge is 0.506 e. The van der Waals surface area contributed by atoms with Crippen LogP contribution in [0.25, 0.3) is 0 Å². The molecule has 1 aromatic rings. The minimum atomic E-state index is -0.899. The van der Waals surface area contributed by atoms with Crippen LogP contribution in [0.1, 0.15) is 34.1 Å². The highest BCUT2D eigenvalue weighted by atomic mass is 16.6. The van der Waals surface area contributed by atoms with Gasteiger partial charge in [-0.25, -0.2) is 0 Å². The van der Waals surface area contributed by atoms with Crippen molar-refractivity contribution < 1.29 is 34.6 Å². The third kappa shape index (κ3) is 3.25. The SMILES string of the molecule is COc1c(O)c(C=O)c(O)c(C(=O)CC(C)C[N+](=O)[O-])c1O. The molecule has 9 nitrogen and oxygen atoms in total. The third-order valence-electron chi connectivity index (χ3n) is 3.01. The number of hydrogen-bond acceptors (Lipinski definition) is 8. The highest BCUT2D eigenvalue weighted by molar-refractivity contribution is 6.05. The Morgan fingerprint density at radius 2 is 1.91 bits per heavy atom. The maximum Gasteiger partial charge on any atom is 0.206 e. The van der Waals surface area contributed by atoms with Gasteiger partial charge >= 0.3 is 0 Å². The van der Waals surface area contributed by atoms with Crippen LogP contribution in [0.2, 0.25) is 0 Å². The molecule has 0 saturated carbocycles. The summed E-state index contributed by atoms with van der Waals surface area (Å²) in [7, 11) is 1.09. The summed E-state index contributed by atoms with van der Waals surface area (Å²) in [6, 6.07) is 0. The van der Waals surface area contributed by atoms with Gasteiger partial charge in [0.2, 0.25) is 12.3 Å². The fourth-order valence-electron chi connectivity index (χ4n) is 2.01. The predicted molar refractivity (Wildman–Crippen MR) is 73.3 cm³/mol. The number of nitrogens with zero attached hydrogens (tertiary/aromatic N) is 1. The molecule has 1 rings (SSSR count). The number of methoxy groups -OCH3 is 1. The molecule has 0 aliphatic carbocycles. The molecule has 1 unspecified atom stereocenters. The highest BCUT2D eigenvalue weighted by Crippen LogP contribution is 2.47. The first-order valence-electron chi connectivity index (χ1n) is 6.19. The number of ketones is 1. The van der Waals surface area contributed by atoms with Gasteiger partial charge in [-0.2, -0.15) is 0 Å². The first-order chi connectivity index (χ1) is 10.2. The van der Waals surface area contributed by atoms with Gasteiger partial charge in [0.05, 0.1) is 7.11 Å². The number of ether oxygens (including phenoxy) is 1. The predicted octanol–water partition coefficient (Wildman–Crippen LogP) is 1.11. The van der Waals surface area contributed by atoms with Crippen molar-refractivity contribution in [1.29, 1.82) is 0 Å². The lowest BCUT2D eigenvalue weighted by Gasteiger charge is -2.15. The summed E-state index contributed by atoms with van der Waals surface area (Å²) in [5.74, 6) is -4.54. The summed E-state index contributed by atoms with van der Waals surface area (Å²) in [5.41, 5.74) is -1.23. The first kappa shape index (κ1) is 17.2. The normalized spacial score (nSPS) is 11.7. The molecule has 0 bridgehead atoms. The average molecular weight is 313 g/mol. The Morgan fingerprint density at radius 1 is 1.32 bits per heavy atom. The number of rotatable bonds is 7. The molecule has 0 saturated heterocycles. The van der Waals surface area contributed by atoms with Gasteiger partial charge in [-0.3, -0.25) is 19.7 Å². The van der Waals surface area contributed by atoms with Crippen molar-refractivity contribution in [2.45, 2.75) is 13.3 Å². The lowest BCUT2D eigenvalue weighted by molar-refractivity contribution is -0.487. The van der Waals surface area contributed by atoms with E-state index in [0.29, 0.717) is 0 Å². The highest BCUT2D eigenvalue weighted by Gasteiger charge is 2.29. The number of benzene rings is 1. The zero-order valence-corrected chi connectivity index (χ0v) is 11.9. The first-order valence-corrected chi connectivity index (χ1v) is 6.19. The molecule has 9 heteroatoms. The zero-order valence-electron chi connectivity index (χ0n) is 11.9. The van der Waals surface area contributed by atoms with Gasteiger partial charge in [-0.1, -0.05) is 6.92 Å². The molecule has 0 aromatic heterocycles. The molecule has 0 radical (unpaired) electrons. The molecule has 0 aliphatic rings. The number of phenolic OH excluding ortho intramolecular Hbond substituents is 3. The van der Waals surface area contributed by atoms with E-state index in [9.17, 15) is 35.0 Å². The van der Waals surface area contributed by atoms with Crippen molar-refractivity contribution in [3.05, 3.63) is 21.2 Å². The number of aldehydes is 1. The zero-order chi connectivity index (χ0) is 17.0. The molecule has 1 atom stereocenters. The summed E-state index contributed by atoms with van der Waals surface area (Å²) < 4.78 is 4.70. The fourth-order valence-corrected chi connectivity index (χ4v) is 2.01. The van der Waals surface area contributed by atoms with E-state index in [2.05, 4.69) is 0 Å². The Labute approximate surface area is 124 Å². The van der Waals surface area contributed by atoms with Gasteiger partial charge in [0.1, 0.15) is 16.9 Å². The van der Waals surface area contributed by atoms with Crippen LogP contribution >= 0.6 is 0 Å². The lowest BCUT2D eigenvalue weighted by atomic mass is 9.96. The van der Waals surface area contributed by atoms with E-state index >= 15 is 0 Å². The Morgan fingerprint density at radius 3 is 2.36 bits per heavy atom. The van der Waals surface area contributed by atoms with E-state index in [-0.39, 0.29) is 12.7 Å². The number of Topliss-reactive ketones (excluding diaryl/α,β-unsaturated/α-hetero) is 1. The fraction of sp³-hybridized carbons (Fsp3) is 0.385. The Balaban J connectivity index is 3.32. The van der Waals surface area contributed by atoms with Crippen LogP contribution in [-0.2, 0) is 0 Å². The average Bonchev–Trinajstić information content (AvgIpc) is 2.38. The molecular formula is C13H15NO8. The van der Waals surface area contributed by atoms with Crippen molar-refractivity contribution in [2.24, 2.45) is 5.92 Å². The van der Waals surface area contributed by atoms with Gasteiger partial charge in [0.15, 0.2) is 23.6 Å². The standard InChI is InChI=1S/C13H15NO8/c1-6(4-14(20)21)3-8(16)9-10(17)7(5-15)11(18)13(22-2)12(9)19/h5-6,17-19H,3-4H2,1-2H3. The van der Waals surface area contributed by atoms with Crippen molar-refractivity contribution in [3.8, 4) is 23.0 Å². The number of aromatic hydroxyl groups is 3. The molecule has 0 heterocycles. The Bertz CT molecular complexity index is 625. The Hall–Kier alpha value is -2.84. The molecule has 0 spiro atoms. The van der Waals surface area contributed by atoms with Gasteiger partial charge in [0, 0.05) is 17.3 Å².